The minimum absolute atomic E-state index is 0.335. The molecule has 1 unspecified atom stereocenters. The normalized spacial score (nSPS) is 25.0. The number of aliphatic hydroxyl groups excluding tert-OH is 1. The molecule has 31 heavy (non-hydrogen) atoms. The monoisotopic (exact) mass is 420 g/mol. The van der Waals surface area contributed by atoms with Gasteiger partial charge in [0.1, 0.15) is 17.2 Å². The molecule has 1 saturated heterocycles. The number of rotatable bonds is 3. The number of fused-ring (bicyclic) bond motifs is 1. The van der Waals surface area contributed by atoms with Crippen molar-refractivity contribution in [3.63, 3.8) is 0 Å². The molecule has 0 aliphatic carbocycles. The Bertz CT molecular complexity index is 1050. The molecule has 4 nitrogen and oxygen atoms in total. The molecule has 2 aromatic rings. The van der Waals surface area contributed by atoms with E-state index in [-0.39, 0.29) is 5.82 Å². The zero-order valence-corrected chi connectivity index (χ0v) is 18.1. The van der Waals surface area contributed by atoms with Crippen LogP contribution in [-0.4, -0.2) is 34.9 Å². The van der Waals surface area contributed by atoms with Gasteiger partial charge in [0, 0.05) is 23.4 Å². The summed E-state index contributed by atoms with van der Waals surface area (Å²) in [6.07, 6.45) is 4.99. The summed E-state index contributed by atoms with van der Waals surface area (Å²) < 4.78 is 20.1. The third kappa shape index (κ3) is 3.88. The molecule has 0 bridgehead atoms. The lowest BCUT2D eigenvalue weighted by atomic mass is 9.91. The molecule has 3 aliphatic rings. The maximum Gasteiger partial charge on any atom is 0.155 e. The Balaban J connectivity index is 1.45. The van der Waals surface area contributed by atoms with Crippen LogP contribution in [-0.2, 0) is 11.3 Å². The second kappa shape index (κ2) is 7.81. The van der Waals surface area contributed by atoms with E-state index in [4.69, 9.17) is 4.74 Å². The molecule has 0 amide bonds. The summed E-state index contributed by atoms with van der Waals surface area (Å²) in [7, 11) is 0. The molecule has 0 radical (unpaired) electrons. The second-order valence-electron chi connectivity index (χ2n) is 9.22. The third-order valence-corrected chi connectivity index (χ3v) is 6.51. The highest BCUT2D eigenvalue weighted by Crippen LogP contribution is 2.45. The number of nitrogens with one attached hydrogen (secondary N) is 1. The summed E-state index contributed by atoms with van der Waals surface area (Å²) in [5.41, 5.74) is 4.86. The first-order valence-corrected chi connectivity index (χ1v) is 11.1. The lowest BCUT2D eigenvalue weighted by molar-refractivity contribution is 0.109. The number of halogens is 1. The van der Waals surface area contributed by atoms with Crippen LogP contribution in [0.5, 0.6) is 0 Å². The van der Waals surface area contributed by atoms with Crippen molar-refractivity contribution in [1.29, 1.82) is 0 Å². The van der Waals surface area contributed by atoms with Crippen molar-refractivity contribution in [2.75, 3.05) is 18.4 Å². The van der Waals surface area contributed by atoms with Crippen molar-refractivity contribution >= 4 is 16.8 Å². The largest absolute Gasteiger partial charge is 0.483 e. The first-order chi connectivity index (χ1) is 14.9. The van der Waals surface area contributed by atoms with Crippen LogP contribution in [0.25, 0.3) is 11.1 Å². The average Bonchev–Trinajstić information content (AvgIpc) is 3.23. The van der Waals surface area contributed by atoms with Gasteiger partial charge in [-0.05, 0) is 75.2 Å². The van der Waals surface area contributed by atoms with Crippen molar-refractivity contribution in [2.24, 2.45) is 0 Å². The lowest BCUT2D eigenvalue weighted by Crippen LogP contribution is -2.29. The van der Waals surface area contributed by atoms with Gasteiger partial charge in [-0.3, -0.25) is 4.90 Å². The minimum Gasteiger partial charge on any atom is -0.483 e. The number of likely N-dealkylation sites (tertiary alicyclic amines) is 1. The van der Waals surface area contributed by atoms with Crippen molar-refractivity contribution in [1.82, 2.24) is 4.90 Å². The molecule has 3 aliphatic heterocycles. The van der Waals surface area contributed by atoms with Gasteiger partial charge in [0.25, 0.3) is 0 Å². The molecule has 2 N–H and O–H groups in total. The highest BCUT2D eigenvalue weighted by molar-refractivity contribution is 5.90. The summed E-state index contributed by atoms with van der Waals surface area (Å²) in [6.45, 7) is 7.41. The van der Waals surface area contributed by atoms with Crippen LogP contribution in [0.3, 0.4) is 0 Å². The molecule has 3 heterocycles. The Morgan fingerprint density at radius 1 is 1.10 bits per heavy atom. The Hall–Kier alpha value is -2.63. The number of aliphatic hydroxyl groups is 1. The number of anilines is 1. The molecule has 1 fully saturated rings. The highest BCUT2D eigenvalue weighted by Gasteiger charge is 2.37. The summed E-state index contributed by atoms with van der Waals surface area (Å²) in [5.74, 6) is 0.250. The summed E-state index contributed by atoms with van der Waals surface area (Å²) >= 11 is 0. The van der Waals surface area contributed by atoms with E-state index in [1.54, 1.807) is 6.07 Å². The summed E-state index contributed by atoms with van der Waals surface area (Å²) in [4.78, 5) is 2.52. The van der Waals surface area contributed by atoms with Crippen molar-refractivity contribution in [2.45, 2.75) is 51.5 Å². The minimum atomic E-state index is -0.926. The summed E-state index contributed by atoms with van der Waals surface area (Å²) in [6, 6.07) is 13.2. The third-order valence-electron chi connectivity index (χ3n) is 6.51. The molecule has 162 valence electrons. The Labute approximate surface area is 183 Å². The fourth-order valence-corrected chi connectivity index (χ4v) is 4.89. The Morgan fingerprint density at radius 2 is 1.84 bits per heavy atom. The van der Waals surface area contributed by atoms with Crippen LogP contribution in [0.2, 0.25) is 0 Å². The van der Waals surface area contributed by atoms with Gasteiger partial charge in [-0.1, -0.05) is 30.7 Å². The molecule has 0 spiro atoms. The summed E-state index contributed by atoms with van der Waals surface area (Å²) in [5, 5.41) is 13.6. The van der Waals surface area contributed by atoms with Gasteiger partial charge in [-0.2, -0.15) is 0 Å². The van der Waals surface area contributed by atoms with Crippen molar-refractivity contribution in [3.8, 4) is 0 Å². The topological polar surface area (TPSA) is 44.7 Å². The van der Waals surface area contributed by atoms with Crippen LogP contribution in [0.15, 0.2) is 54.3 Å². The van der Waals surface area contributed by atoms with E-state index in [2.05, 4.69) is 34.5 Å². The fraction of sp³-hybridized carbons (Fsp3) is 0.385. The van der Waals surface area contributed by atoms with E-state index >= 15 is 0 Å². The lowest BCUT2D eigenvalue weighted by Gasteiger charge is -2.27. The smallest absolute Gasteiger partial charge is 0.155 e. The predicted octanol–water partition coefficient (Wildman–Crippen LogP) is 5.16. The molecule has 5 rings (SSSR count). The van der Waals surface area contributed by atoms with Crippen LogP contribution in [0.4, 0.5) is 10.1 Å². The Kier molecular flexibility index (Phi) is 5.11. The predicted molar refractivity (Wildman–Crippen MR) is 122 cm³/mol. The molecular weight excluding hydrogens is 391 g/mol. The van der Waals surface area contributed by atoms with Crippen molar-refractivity contribution in [3.05, 3.63) is 76.8 Å². The van der Waals surface area contributed by atoms with Crippen LogP contribution in [0.1, 0.15) is 49.8 Å². The van der Waals surface area contributed by atoms with Gasteiger partial charge in [0.2, 0.25) is 0 Å². The first kappa shape index (κ1) is 20.3. The van der Waals surface area contributed by atoms with Crippen LogP contribution in [0, 0.1) is 5.82 Å². The van der Waals surface area contributed by atoms with Gasteiger partial charge < -0.3 is 15.2 Å². The number of hydrogen-bond acceptors (Lipinski definition) is 4. The number of ether oxygens (including phenoxy) is 1. The van der Waals surface area contributed by atoms with Gasteiger partial charge in [-0.25, -0.2) is 4.39 Å². The molecule has 2 aromatic carbocycles. The van der Waals surface area contributed by atoms with Crippen molar-refractivity contribution < 1.29 is 14.2 Å². The van der Waals surface area contributed by atoms with E-state index in [9.17, 15) is 9.50 Å². The second-order valence-corrected chi connectivity index (χ2v) is 9.22. The maximum atomic E-state index is 13.9. The van der Waals surface area contributed by atoms with Gasteiger partial charge in [0.15, 0.2) is 6.23 Å². The number of allylic oxidation sites excluding steroid dienone is 1. The molecule has 1 atom stereocenters. The SMILES string of the molecule is CC1(C)O/C(=C2\c3cc(F)ccc3NC2O)C=C1c1ccc(CN2CCCCC2)cc1. The zero-order chi connectivity index (χ0) is 21.6. The number of benzene rings is 2. The standard InChI is InChI=1S/C26H29FN2O2/c1-26(2)21(18-8-6-17(7-9-18)16-29-12-4-3-5-13-29)15-23(31-26)24-20-14-19(27)10-11-22(20)28-25(24)30/h6-11,14-15,25,28,30H,3-5,12-13,16H2,1-2H3/b24-23+. The number of nitrogens with zero attached hydrogens (tertiary/aromatic N) is 1. The average molecular weight is 421 g/mol. The van der Waals surface area contributed by atoms with E-state index in [1.165, 1.54) is 50.0 Å². The fourth-order valence-electron chi connectivity index (χ4n) is 4.89. The van der Waals surface area contributed by atoms with E-state index in [0.717, 1.165) is 17.7 Å². The molecule has 5 heteroatoms. The zero-order valence-electron chi connectivity index (χ0n) is 18.1. The maximum absolute atomic E-state index is 13.9. The molecule has 0 aromatic heterocycles. The molecule has 0 saturated carbocycles. The van der Waals surface area contributed by atoms with Gasteiger partial charge in [-0.15, -0.1) is 0 Å². The number of hydrogen-bond donors (Lipinski definition) is 2. The van der Waals surface area contributed by atoms with Crippen LogP contribution < -0.4 is 5.32 Å². The quantitative estimate of drug-likeness (QED) is 0.720. The Morgan fingerprint density at radius 3 is 2.58 bits per heavy atom. The van der Waals surface area contributed by atoms with Crippen LogP contribution >= 0.6 is 0 Å². The van der Waals surface area contributed by atoms with E-state index in [0.29, 0.717) is 22.6 Å². The van der Waals surface area contributed by atoms with E-state index < -0.39 is 11.8 Å². The first-order valence-electron chi connectivity index (χ1n) is 11.1. The number of piperidine rings is 1. The van der Waals surface area contributed by atoms with Gasteiger partial charge >= 0.3 is 0 Å². The van der Waals surface area contributed by atoms with Gasteiger partial charge in [0.05, 0.1) is 5.57 Å². The highest BCUT2D eigenvalue weighted by atomic mass is 19.1. The molecular formula is C26H29FN2O2. The van der Waals surface area contributed by atoms with E-state index in [1.807, 2.05) is 19.9 Å².